The lowest BCUT2D eigenvalue weighted by molar-refractivity contribution is 0.963. The van der Waals surface area contributed by atoms with E-state index in [1.165, 1.54) is 0 Å². The maximum absolute atomic E-state index is 6.05. The molecule has 0 aliphatic heterocycles. The Morgan fingerprint density at radius 3 is 1.18 bits per heavy atom. The van der Waals surface area contributed by atoms with Gasteiger partial charge in [-0.1, -0.05) is 109 Å². The Hall–Kier alpha value is -5.50. The van der Waals surface area contributed by atoms with E-state index in [1.54, 1.807) is 12.4 Å². The number of hydrogen-bond donors (Lipinski definition) is 4. The predicted molar refractivity (Wildman–Crippen MR) is 166 cm³/mol. The predicted octanol–water partition coefficient (Wildman–Crippen LogP) is 4.87. The summed E-state index contributed by atoms with van der Waals surface area (Å²) in [5.74, 6) is 0.491. The molecule has 0 unspecified atom stereocenters. The average molecular weight is 527 g/mol. The Morgan fingerprint density at radius 1 is 0.500 bits per heavy atom. The van der Waals surface area contributed by atoms with Gasteiger partial charge in [0.2, 0.25) is 11.9 Å². The molecule has 0 heterocycles. The van der Waals surface area contributed by atoms with Crippen LogP contribution >= 0.6 is 0 Å². The number of hydrazone groups is 2. The third-order valence-corrected chi connectivity index (χ3v) is 6.31. The summed E-state index contributed by atoms with van der Waals surface area (Å²) in [6.45, 7) is 0.954. The van der Waals surface area contributed by atoms with E-state index in [2.05, 4.69) is 55.3 Å². The van der Waals surface area contributed by atoms with Crippen LogP contribution in [0.15, 0.2) is 129 Å². The lowest BCUT2D eigenvalue weighted by Gasteiger charge is -2.12. The summed E-state index contributed by atoms with van der Waals surface area (Å²) in [6, 6.07) is 36.1. The van der Waals surface area contributed by atoms with Crippen LogP contribution in [0.5, 0.6) is 0 Å². The largest absolute Gasteiger partial charge is 0.369 e. The van der Waals surface area contributed by atoms with Crippen LogP contribution in [0.1, 0.15) is 22.3 Å². The molecule has 0 aliphatic carbocycles. The maximum atomic E-state index is 6.05. The molecule has 0 aliphatic rings. The van der Waals surface area contributed by atoms with Crippen LogP contribution in [0.4, 0.5) is 0 Å². The van der Waals surface area contributed by atoms with Gasteiger partial charge >= 0.3 is 0 Å². The van der Waals surface area contributed by atoms with Gasteiger partial charge in [0.15, 0.2) is 0 Å². The number of fused-ring (bicyclic) bond motifs is 2. The van der Waals surface area contributed by atoms with E-state index >= 15 is 0 Å². The highest BCUT2D eigenvalue weighted by atomic mass is 15.4. The number of nitrogens with two attached hydrogens (primary N) is 2. The molecule has 5 aromatic rings. The summed E-state index contributed by atoms with van der Waals surface area (Å²) < 4.78 is 0. The Labute approximate surface area is 232 Å². The number of nitrogens with zero attached hydrogens (tertiary/aromatic N) is 4. The van der Waals surface area contributed by atoms with E-state index < -0.39 is 0 Å². The van der Waals surface area contributed by atoms with E-state index in [1.807, 2.05) is 84.9 Å². The summed E-state index contributed by atoms with van der Waals surface area (Å²) in [7, 11) is 0. The molecule has 0 aromatic heterocycles. The second-order valence-corrected chi connectivity index (χ2v) is 9.03. The third kappa shape index (κ3) is 6.49. The molecule has 5 aromatic carbocycles. The van der Waals surface area contributed by atoms with E-state index in [-0.39, 0.29) is 11.9 Å². The van der Waals surface area contributed by atoms with Crippen molar-refractivity contribution < 1.29 is 0 Å². The summed E-state index contributed by atoms with van der Waals surface area (Å²) in [5, 5.41) is 12.9. The second kappa shape index (κ2) is 12.8. The van der Waals surface area contributed by atoms with Gasteiger partial charge in [-0.25, -0.2) is 20.8 Å². The average Bonchev–Trinajstić information content (AvgIpc) is 3.01. The number of benzene rings is 5. The molecule has 0 spiro atoms. The second-order valence-electron chi connectivity index (χ2n) is 9.03. The van der Waals surface area contributed by atoms with Crippen LogP contribution in [0.25, 0.3) is 21.5 Å². The topological polar surface area (TPSA) is 126 Å². The van der Waals surface area contributed by atoms with E-state index in [0.717, 1.165) is 43.8 Å². The number of nitrogens with one attached hydrogen (secondary N) is 2. The molecule has 8 heteroatoms. The molecular weight excluding hydrogens is 496 g/mol. The molecule has 0 saturated carbocycles. The van der Waals surface area contributed by atoms with Crippen molar-refractivity contribution in [3.63, 3.8) is 0 Å². The number of guanidine groups is 2. The van der Waals surface area contributed by atoms with Crippen LogP contribution in [-0.2, 0) is 13.1 Å². The van der Waals surface area contributed by atoms with Crippen molar-refractivity contribution in [1.29, 1.82) is 0 Å². The lowest BCUT2D eigenvalue weighted by Crippen LogP contribution is -2.27. The highest BCUT2D eigenvalue weighted by Gasteiger charge is 2.11. The molecule has 0 amide bonds. The molecule has 8 nitrogen and oxygen atoms in total. The molecule has 6 N–H and O–H groups in total. The fourth-order valence-corrected chi connectivity index (χ4v) is 4.39. The monoisotopic (exact) mass is 526 g/mol. The summed E-state index contributed by atoms with van der Waals surface area (Å²) in [5.41, 5.74) is 21.9. The standard InChI is InChI=1S/C32H30N8/c33-31(35-19-23-11-3-1-4-12-23)39-37-21-29-25-15-7-9-17-27(25)30(28-18-10-8-16-26(28)29)22-38-40-32(34)36-20-24-13-5-2-6-14-24/h1-18,21-22H,19-20H2,(H3,33,35,39)(H3,34,36,40)/b37-21+,38-22+. The van der Waals surface area contributed by atoms with Gasteiger partial charge < -0.3 is 11.5 Å². The first kappa shape index (κ1) is 26.1. The zero-order valence-corrected chi connectivity index (χ0v) is 21.9. The quantitative estimate of drug-likeness (QED) is 0.0996. The summed E-state index contributed by atoms with van der Waals surface area (Å²) in [6.07, 6.45) is 3.56. The molecule has 5 rings (SSSR count). The van der Waals surface area contributed by atoms with Gasteiger partial charge in [0, 0.05) is 11.1 Å². The molecule has 198 valence electrons. The van der Waals surface area contributed by atoms with Crippen LogP contribution < -0.4 is 22.3 Å². The smallest absolute Gasteiger partial charge is 0.209 e. The third-order valence-electron chi connectivity index (χ3n) is 6.31. The molecule has 0 fully saturated rings. The summed E-state index contributed by atoms with van der Waals surface area (Å²) >= 11 is 0. The van der Waals surface area contributed by atoms with Crippen LogP contribution in [0, 0.1) is 0 Å². The van der Waals surface area contributed by atoms with Crippen molar-refractivity contribution in [2.24, 2.45) is 31.7 Å². The van der Waals surface area contributed by atoms with Gasteiger partial charge in [-0.05, 0) is 32.7 Å². The zero-order chi connectivity index (χ0) is 27.6. The van der Waals surface area contributed by atoms with E-state index in [9.17, 15) is 0 Å². The fraction of sp³-hybridized carbons (Fsp3) is 0.0625. The van der Waals surface area contributed by atoms with Gasteiger partial charge in [0.05, 0.1) is 25.5 Å². The Morgan fingerprint density at radius 2 is 0.825 bits per heavy atom. The van der Waals surface area contributed by atoms with Gasteiger partial charge in [-0.15, -0.1) is 0 Å². The minimum Gasteiger partial charge on any atom is -0.369 e. The number of hydrogen-bond acceptors (Lipinski definition) is 4. The maximum Gasteiger partial charge on any atom is 0.209 e. The van der Waals surface area contributed by atoms with Crippen molar-refractivity contribution in [2.45, 2.75) is 13.1 Å². The molecule has 0 saturated heterocycles. The van der Waals surface area contributed by atoms with Gasteiger partial charge in [0.1, 0.15) is 0 Å². The van der Waals surface area contributed by atoms with Gasteiger partial charge in [-0.2, -0.15) is 10.2 Å². The molecular formula is C32H30N8. The molecule has 40 heavy (non-hydrogen) atoms. The molecule has 0 bridgehead atoms. The van der Waals surface area contributed by atoms with Crippen LogP contribution in [-0.4, -0.2) is 24.3 Å². The minimum absolute atomic E-state index is 0.245. The molecule has 0 atom stereocenters. The van der Waals surface area contributed by atoms with Crippen molar-refractivity contribution >= 4 is 45.9 Å². The minimum atomic E-state index is 0.245. The van der Waals surface area contributed by atoms with E-state index in [0.29, 0.717) is 13.1 Å². The number of rotatable bonds is 8. The zero-order valence-electron chi connectivity index (χ0n) is 21.9. The SMILES string of the molecule is NC(=NCc1ccccc1)N/N=C/c1c2ccccc2c(/C=N/NC(N)=NCc2ccccc2)c2ccccc12. The fourth-order valence-electron chi connectivity index (χ4n) is 4.39. The van der Waals surface area contributed by atoms with Crippen molar-refractivity contribution in [1.82, 2.24) is 10.9 Å². The highest BCUT2D eigenvalue weighted by Crippen LogP contribution is 2.31. The molecule has 0 radical (unpaired) electrons. The van der Waals surface area contributed by atoms with Gasteiger partial charge in [0.25, 0.3) is 0 Å². The van der Waals surface area contributed by atoms with Gasteiger partial charge in [-0.3, -0.25) is 0 Å². The first-order valence-electron chi connectivity index (χ1n) is 12.9. The Bertz CT molecular complexity index is 1520. The normalized spacial score (nSPS) is 12.5. The van der Waals surface area contributed by atoms with Crippen LogP contribution in [0.3, 0.4) is 0 Å². The van der Waals surface area contributed by atoms with Crippen molar-refractivity contribution in [3.05, 3.63) is 131 Å². The van der Waals surface area contributed by atoms with Crippen molar-refractivity contribution in [3.8, 4) is 0 Å². The first-order chi connectivity index (χ1) is 19.7. The van der Waals surface area contributed by atoms with Crippen molar-refractivity contribution in [2.75, 3.05) is 0 Å². The van der Waals surface area contributed by atoms with Crippen LogP contribution in [0.2, 0.25) is 0 Å². The first-order valence-corrected chi connectivity index (χ1v) is 12.9. The highest BCUT2D eigenvalue weighted by molar-refractivity contribution is 6.21. The number of aliphatic imine (C=N–C) groups is 2. The Balaban J connectivity index is 1.39. The summed E-state index contributed by atoms with van der Waals surface area (Å²) in [4.78, 5) is 8.74. The lowest BCUT2D eigenvalue weighted by atomic mass is 9.92. The Kier molecular flexibility index (Phi) is 8.38. The van der Waals surface area contributed by atoms with E-state index in [4.69, 9.17) is 11.5 Å².